The van der Waals surface area contributed by atoms with Crippen molar-refractivity contribution in [2.75, 3.05) is 12.4 Å². The molecule has 4 nitrogen and oxygen atoms in total. The molecule has 2 aliphatic rings. The summed E-state index contributed by atoms with van der Waals surface area (Å²) in [4.78, 5) is 0. The van der Waals surface area contributed by atoms with Gasteiger partial charge < -0.3 is 4.74 Å². The molecule has 14 heavy (non-hydrogen) atoms. The van der Waals surface area contributed by atoms with Crippen molar-refractivity contribution in [3.8, 4) is 0 Å². The average Bonchev–Trinajstić information content (AvgIpc) is 2.34. The summed E-state index contributed by atoms with van der Waals surface area (Å²) in [5, 5.41) is 0. The lowest BCUT2D eigenvalue weighted by Crippen LogP contribution is -2.45. The third-order valence-corrected chi connectivity index (χ3v) is 4.90. The monoisotopic (exact) mass is 220 g/mol. The van der Waals surface area contributed by atoms with Gasteiger partial charge in [-0.25, -0.2) is 0 Å². The third-order valence-electron chi connectivity index (χ3n) is 4.07. The molecule has 0 unspecified atom stereocenters. The minimum absolute atomic E-state index is 0.136. The van der Waals surface area contributed by atoms with E-state index in [0.29, 0.717) is 12.5 Å². The summed E-state index contributed by atoms with van der Waals surface area (Å²) < 4.78 is 36.4. The molecule has 1 aliphatic heterocycles. The van der Waals surface area contributed by atoms with Crippen molar-refractivity contribution in [1.82, 2.24) is 0 Å². The highest BCUT2D eigenvalue weighted by atomic mass is 32.2. The summed E-state index contributed by atoms with van der Waals surface area (Å²) in [7, 11) is -3.95. The Hall–Kier alpha value is -0.130. The molecular weight excluding hydrogens is 204 g/mol. The number of hydrogen-bond acceptors (Lipinski definition) is 3. The van der Waals surface area contributed by atoms with Crippen molar-refractivity contribution >= 4 is 10.1 Å². The molecule has 5 heteroatoms. The van der Waals surface area contributed by atoms with E-state index in [4.69, 9.17) is 9.29 Å². The lowest BCUT2D eigenvalue weighted by molar-refractivity contribution is -0.0338. The van der Waals surface area contributed by atoms with Crippen molar-refractivity contribution in [1.29, 1.82) is 0 Å². The zero-order chi connectivity index (χ0) is 10.6. The van der Waals surface area contributed by atoms with Crippen LogP contribution in [0.25, 0.3) is 0 Å². The topological polar surface area (TPSA) is 63.6 Å². The maximum absolute atomic E-state index is 10.9. The summed E-state index contributed by atoms with van der Waals surface area (Å²) in [6.07, 6.45) is 1.74. The molecule has 2 fully saturated rings. The Morgan fingerprint density at radius 1 is 1.50 bits per heavy atom. The molecule has 0 radical (unpaired) electrons. The fourth-order valence-corrected chi connectivity index (χ4v) is 4.06. The average molecular weight is 220 g/mol. The molecule has 1 N–H and O–H groups in total. The zero-order valence-corrected chi connectivity index (χ0v) is 9.30. The molecule has 2 atom stereocenters. The predicted molar refractivity (Wildman–Crippen MR) is 51.6 cm³/mol. The van der Waals surface area contributed by atoms with Crippen LogP contribution in [0.5, 0.6) is 0 Å². The molecule has 0 aromatic heterocycles. The molecule has 0 spiro atoms. The van der Waals surface area contributed by atoms with Gasteiger partial charge in [0.25, 0.3) is 10.1 Å². The van der Waals surface area contributed by atoms with E-state index < -0.39 is 15.7 Å². The quantitative estimate of drug-likeness (QED) is 0.707. The first-order valence-corrected chi connectivity index (χ1v) is 6.47. The Labute approximate surface area is 84.4 Å². The fourth-order valence-electron chi connectivity index (χ4n) is 2.87. The molecule has 82 valence electrons. The maximum Gasteiger partial charge on any atom is 0.267 e. The smallest absolute Gasteiger partial charge is 0.267 e. The second-order valence-electron chi connectivity index (χ2n) is 4.99. The SMILES string of the molecule is CC1(C)[C@H]2CC[C@]1(CS(=O)(=O)O)OC2. The van der Waals surface area contributed by atoms with Crippen molar-refractivity contribution in [2.45, 2.75) is 32.3 Å². The van der Waals surface area contributed by atoms with Gasteiger partial charge in [0.15, 0.2) is 0 Å². The van der Waals surface area contributed by atoms with Crippen LogP contribution in [0.15, 0.2) is 0 Å². The van der Waals surface area contributed by atoms with E-state index in [9.17, 15) is 8.42 Å². The standard InChI is InChI=1S/C9H16O4S/c1-8(2)7-3-4-9(8,13-5-7)6-14(10,11)12/h7H,3-6H2,1-2H3,(H,10,11,12)/t7-,9+/m0/s1. The summed E-state index contributed by atoms with van der Waals surface area (Å²) in [6, 6.07) is 0. The van der Waals surface area contributed by atoms with Crippen LogP contribution in [-0.2, 0) is 14.9 Å². The van der Waals surface area contributed by atoms with E-state index in [0.717, 1.165) is 12.8 Å². The molecule has 1 saturated carbocycles. The van der Waals surface area contributed by atoms with Crippen LogP contribution < -0.4 is 0 Å². The van der Waals surface area contributed by atoms with Gasteiger partial charge in [-0.2, -0.15) is 8.42 Å². The molecule has 2 bridgehead atoms. The Balaban J connectivity index is 2.32. The first-order chi connectivity index (χ1) is 6.27. The van der Waals surface area contributed by atoms with Gasteiger partial charge in [0.1, 0.15) is 5.75 Å². The lowest BCUT2D eigenvalue weighted by Gasteiger charge is -2.35. The molecule has 0 aromatic carbocycles. The Kier molecular flexibility index (Phi) is 2.01. The summed E-state index contributed by atoms with van der Waals surface area (Å²) >= 11 is 0. The fraction of sp³-hybridized carbons (Fsp3) is 1.00. The Bertz CT molecular complexity index is 336. The van der Waals surface area contributed by atoms with Gasteiger partial charge in [0.05, 0.1) is 12.2 Å². The number of rotatable bonds is 2. The van der Waals surface area contributed by atoms with Gasteiger partial charge in [0.2, 0.25) is 0 Å². The van der Waals surface area contributed by atoms with E-state index >= 15 is 0 Å². The van der Waals surface area contributed by atoms with Gasteiger partial charge in [-0.1, -0.05) is 13.8 Å². The van der Waals surface area contributed by atoms with Crippen molar-refractivity contribution in [3.63, 3.8) is 0 Å². The van der Waals surface area contributed by atoms with Gasteiger partial charge in [-0.3, -0.25) is 4.55 Å². The van der Waals surface area contributed by atoms with Crippen molar-refractivity contribution < 1.29 is 17.7 Å². The second kappa shape index (κ2) is 2.71. The van der Waals surface area contributed by atoms with E-state index in [1.165, 1.54) is 0 Å². The third kappa shape index (κ3) is 1.30. The van der Waals surface area contributed by atoms with Crippen LogP contribution >= 0.6 is 0 Å². The highest BCUT2D eigenvalue weighted by Gasteiger charge is 2.61. The Morgan fingerprint density at radius 3 is 2.43 bits per heavy atom. The predicted octanol–water partition coefficient (Wildman–Crippen LogP) is 1.08. The molecular formula is C9H16O4S. The van der Waals surface area contributed by atoms with Gasteiger partial charge in [0, 0.05) is 0 Å². The minimum Gasteiger partial charge on any atom is -0.373 e. The molecule has 1 heterocycles. The second-order valence-corrected chi connectivity index (χ2v) is 6.44. The highest BCUT2D eigenvalue weighted by molar-refractivity contribution is 7.85. The summed E-state index contributed by atoms with van der Waals surface area (Å²) in [5.41, 5.74) is -0.784. The van der Waals surface area contributed by atoms with Crippen LogP contribution in [-0.4, -0.2) is 30.9 Å². The maximum atomic E-state index is 10.9. The first-order valence-electron chi connectivity index (χ1n) is 4.86. The first kappa shape index (κ1) is 10.4. The van der Waals surface area contributed by atoms with Crippen molar-refractivity contribution in [3.05, 3.63) is 0 Å². The number of ether oxygens (including phenoxy) is 1. The van der Waals surface area contributed by atoms with Gasteiger partial charge in [-0.05, 0) is 24.2 Å². The Morgan fingerprint density at radius 2 is 2.14 bits per heavy atom. The van der Waals surface area contributed by atoms with Gasteiger partial charge in [-0.15, -0.1) is 0 Å². The van der Waals surface area contributed by atoms with Crippen LogP contribution in [0, 0.1) is 11.3 Å². The zero-order valence-electron chi connectivity index (χ0n) is 8.49. The van der Waals surface area contributed by atoms with Crippen LogP contribution in [0.3, 0.4) is 0 Å². The van der Waals surface area contributed by atoms with E-state index in [1.807, 2.05) is 13.8 Å². The summed E-state index contributed by atoms with van der Waals surface area (Å²) in [5.74, 6) is 0.174. The highest BCUT2D eigenvalue weighted by Crippen LogP contribution is 2.57. The molecule has 0 amide bonds. The normalized spacial score (nSPS) is 40.4. The van der Waals surface area contributed by atoms with E-state index in [-0.39, 0.29) is 11.2 Å². The molecule has 2 rings (SSSR count). The van der Waals surface area contributed by atoms with Crippen LogP contribution in [0.2, 0.25) is 0 Å². The van der Waals surface area contributed by atoms with E-state index in [2.05, 4.69) is 0 Å². The van der Waals surface area contributed by atoms with Crippen LogP contribution in [0.1, 0.15) is 26.7 Å². The lowest BCUT2D eigenvalue weighted by atomic mass is 9.76. The molecule has 1 saturated heterocycles. The largest absolute Gasteiger partial charge is 0.373 e. The van der Waals surface area contributed by atoms with E-state index in [1.54, 1.807) is 0 Å². The number of hydrogen-bond donors (Lipinski definition) is 1. The van der Waals surface area contributed by atoms with Crippen LogP contribution in [0.4, 0.5) is 0 Å². The molecule has 0 aromatic rings. The minimum atomic E-state index is -3.95. The summed E-state index contributed by atoms with van der Waals surface area (Å²) in [6.45, 7) is 4.69. The van der Waals surface area contributed by atoms with Crippen molar-refractivity contribution in [2.24, 2.45) is 11.3 Å². The molecule has 1 aliphatic carbocycles. The number of fused-ring (bicyclic) bond motifs is 2. The van der Waals surface area contributed by atoms with Gasteiger partial charge >= 0.3 is 0 Å².